The molecule has 0 saturated carbocycles. The summed E-state index contributed by atoms with van der Waals surface area (Å²) in [5.41, 5.74) is 7.29. The van der Waals surface area contributed by atoms with Crippen molar-refractivity contribution in [3.05, 3.63) is 38.9 Å². The highest BCUT2D eigenvalue weighted by Gasteiger charge is 2.01. The maximum absolute atomic E-state index is 10.9. The summed E-state index contributed by atoms with van der Waals surface area (Å²) in [6, 6.07) is 3.21. The molecule has 0 aromatic heterocycles. The zero-order valence-corrected chi connectivity index (χ0v) is 6.38. The summed E-state index contributed by atoms with van der Waals surface area (Å²) in [6.45, 7) is 0. The number of aromatic hydroxyl groups is 2. The van der Waals surface area contributed by atoms with Crippen LogP contribution in [0.25, 0.3) is 10.4 Å². The molecular weight excluding hydrogens is 174 g/mol. The van der Waals surface area contributed by atoms with E-state index in [2.05, 4.69) is 10.0 Å². The summed E-state index contributed by atoms with van der Waals surface area (Å²) in [5.74, 6) is -1.32. The Morgan fingerprint density at radius 3 is 2.69 bits per heavy atom. The van der Waals surface area contributed by atoms with E-state index in [1.807, 2.05) is 0 Å². The Bertz CT molecular complexity index is 438. The summed E-state index contributed by atoms with van der Waals surface area (Å²) in [6.07, 6.45) is 0. The second-order valence-corrected chi connectivity index (χ2v) is 2.19. The molecule has 2 N–H and O–H groups in total. The first-order chi connectivity index (χ1) is 6.15. The van der Waals surface area contributed by atoms with Gasteiger partial charge in [-0.25, -0.2) is 0 Å². The molecule has 0 radical (unpaired) electrons. The summed E-state index contributed by atoms with van der Waals surface area (Å²) < 4.78 is 0. The fraction of sp³-hybridized carbons (Fsp3) is 0. The van der Waals surface area contributed by atoms with Gasteiger partial charge in [0.1, 0.15) is 0 Å². The van der Waals surface area contributed by atoms with Crippen LogP contribution < -0.4 is 5.43 Å². The maximum Gasteiger partial charge on any atom is 0.224 e. The van der Waals surface area contributed by atoms with Crippen molar-refractivity contribution in [1.29, 1.82) is 0 Å². The second-order valence-electron chi connectivity index (χ2n) is 2.19. The van der Waals surface area contributed by atoms with Crippen molar-refractivity contribution < 1.29 is 10.2 Å². The molecule has 1 rings (SSSR count). The minimum Gasteiger partial charge on any atom is -0.504 e. The first kappa shape index (κ1) is 8.89. The Kier molecular flexibility index (Phi) is 2.37. The van der Waals surface area contributed by atoms with Crippen LogP contribution in [0, 0.1) is 0 Å². The predicted molar refractivity (Wildman–Crippen MR) is 44.8 cm³/mol. The molecule has 0 aliphatic carbocycles. The van der Waals surface area contributed by atoms with Gasteiger partial charge in [-0.05, 0) is 23.7 Å². The van der Waals surface area contributed by atoms with Crippen LogP contribution in [0.5, 0.6) is 11.5 Å². The Hall–Kier alpha value is -2.20. The lowest BCUT2D eigenvalue weighted by atomic mass is 10.4. The minimum atomic E-state index is -0.801. The zero-order valence-electron chi connectivity index (χ0n) is 6.38. The molecule has 6 nitrogen and oxygen atoms in total. The van der Waals surface area contributed by atoms with Gasteiger partial charge < -0.3 is 10.2 Å². The smallest absolute Gasteiger partial charge is 0.224 e. The molecule has 13 heavy (non-hydrogen) atoms. The van der Waals surface area contributed by atoms with Crippen LogP contribution >= 0.6 is 0 Å². The maximum atomic E-state index is 10.9. The molecular formula is C7H5N3O3. The zero-order chi connectivity index (χ0) is 9.84. The van der Waals surface area contributed by atoms with Crippen LogP contribution in [0.2, 0.25) is 0 Å². The SMILES string of the molecule is [N-]=[N+]=Nc1ccc(O)c(O)c(=O)c1. The average molecular weight is 179 g/mol. The fourth-order valence-electron chi connectivity index (χ4n) is 0.734. The van der Waals surface area contributed by atoms with Gasteiger partial charge in [-0.3, -0.25) is 4.79 Å². The van der Waals surface area contributed by atoms with Gasteiger partial charge in [-0.2, -0.15) is 0 Å². The van der Waals surface area contributed by atoms with Gasteiger partial charge in [0.05, 0.1) is 0 Å². The van der Waals surface area contributed by atoms with Crippen LogP contribution in [0.3, 0.4) is 0 Å². The molecule has 0 aliphatic rings. The number of rotatable bonds is 1. The van der Waals surface area contributed by atoms with Crippen LogP contribution in [0.15, 0.2) is 28.1 Å². The van der Waals surface area contributed by atoms with E-state index in [9.17, 15) is 4.79 Å². The Morgan fingerprint density at radius 1 is 1.38 bits per heavy atom. The topological polar surface area (TPSA) is 106 Å². The van der Waals surface area contributed by atoms with Gasteiger partial charge in [-0.15, -0.1) is 0 Å². The second kappa shape index (κ2) is 3.46. The van der Waals surface area contributed by atoms with E-state index in [1.54, 1.807) is 0 Å². The van der Waals surface area contributed by atoms with Gasteiger partial charge in [0.15, 0.2) is 5.75 Å². The molecule has 0 unspecified atom stereocenters. The quantitative estimate of drug-likeness (QED) is 0.386. The highest BCUT2D eigenvalue weighted by atomic mass is 16.3. The Balaban J connectivity index is 3.52. The monoisotopic (exact) mass is 179 g/mol. The number of hydrogen-bond acceptors (Lipinski definition) is 4. The predicted octanol–water partition coefficient (Wildman–Crippen LogP) is 1.40. The van der Waals surface area contributed by atoms with Crippen molar-refractivity contribution >= 4 is 5.69 Å². The largest absolute Gasteiger partial charge is 0.504 e. The van der Waals surface area contributed by atoms with Crippen molar-refractivity contribution in [2.45, 2.75) is 0 Å². The summed E-state index contributed by atoms with van der Waals surface area (Å²) in [7, 11) is 0. The molecule has 0 bridgehead atoms. The summed E-state index contributed by atoms with van der Waals surface area (Å²) >= 11 is 0. The lowest BCUT2D eigenvalue weighted by Crippen LogP contribution is -1.92. The van der Waals surface area contributed by atoms with Crippen molar-refractivity contribution in [1.82, 2.24) is 0 Å². The van der Waals surface area contributed by atoms with Crippen LogP contribution in [-0.4, -0.2) is 10.2 Å². The fourth-order valence-corrected chi connectivity index (χ4v) is 0.734. The lowest BCUT2D eigenvalue weighted by Gasteiger charge is -1.85. The Morgan fingerprint density at radius 2 is 2.08 bits per heavy atom. The van der Waals surface area contributed by atoms with Gasteiger partial charge in [-0.1, -0.05) is 5.11 Å². The van der Waals surface area contributed by atoms with Gasteiger partial charge in [0.2, 0.25) is 11.2 Å². The van der Waals surface area contributed by atoms with E-state index in [0.29, 0.717) is 0 Å². The first-order valence-corrected chi connectivity index (χ1v) is 3.26. The van der Waals surface area contributed by atoms with E-state index < -0.39 is 16.9 Å². The van der Waals surface area contributed by atoms with Gasteiger partial charge >= 0.3 is 0 Å². The van der Waals surface area contributed by atoms with E-state index in [1.165, 1.54) is 6.07 Å². The molecule has 0 spiro atoms. The lowest BCUT2D eigenvalue weighted by molar-refractivity contribution is 0.402. The van der Waals surface area contributed by atoms with E-state index in [4.69, 9.17) is 15.7 Å². The molecule has 66 valence electrons. The summed E-state index contributed by atoms with van der Waals surface area (Å²) in [4.78, 5) is 13.4. The van der Waals surface area contributed by atoms with Crippen molar-refractivity contribution in [3.8, 4) is 11.5 Å². The van der Waals surface area contributed by atoms with Gasteiger partial charge in [0.25, 0.3) is 0 Å². The van der Waals surface area contributed by atoms with E-state index in [-0.39, 0.29) is 5.69 Å². The highest BCUT2D eigenvalue weighted by molar-refractivity contribution is 5.44. The Labute approximate surface area is 72.3 Å². The summed E-state index contributed by atoms with van der Waals surface area (Å²) in [5, 5.41) is 21.1. The number of nitrogens with zero attached hydrogens (tertiary/aromatic N) is 3. The van der Waals surface area contributed by atoms with Crippen molar-refractivity contribution in [2.75, 3.05) is 0 Å². The van der Waals surface area contributed by atoms with Crippen LogP contribution in [-0.2, 0) is 0 Å². The molecule has 0 atom stereocenters. The number of hydrogen-bond donors (Lipinski definition) is 2. The standard InChI is InChI=1S/C7H5N3O3/c8-10-9-4-1-2-5(11)7(13)6(12)3-4/h1-3H,(H2,11,12,13). The molecule has 1 aromatic rings. The molecule has 1 aromatic carbocycles. The normalized spacial score (nSPS) is 8.92. The molecule has 0 heterocycles. The van der Waals surface area contributed by atoms with Crippen molar-refractivity contribution in [3.63, 3.8) is 0 Å². The number of azide groups is 1. The molecule has 0 saturated heterocycles. The van der Waals surface area contributed by atoms with E-state index >= 15 is 0 Å². The molecule has 0 fully saturated rings. The van der Waals surface area contributed by atoms with Crippen LogP contribution in [0.4, 0.5) is 5.69 Å². The highest BCUT2D eigenvalue weighted by Crippen LogP contribution is 2.20. The van der Waals surface area contributed by atoms with Gasteiger partial charge in [0, 0.05) is 10.6 Å². The third-order valence-electron chi connectivity index (χ3n) is 1.33. The third kappa shape index (κ3) is 1.88. The molecule has 6 heteroatoms. The van der Waals surface area contributed by atoms with Crippen molar-refractivity contribution in [2.24, 2.45) is 5.11 Å². The molecule has 0 amide bonds. The molecule has 0 aliphatic heterocycles. The average Bonchev–Trinajstić information content (AvgIpc) is 2.21. The van der Waals surface area contributed by atoms with E-state index in [0.717, 1.165) is 12.1 Å². The third-order valence-corrected chi connectivity index (χ3v) is 1.33. The first-order valence-electron chi connectivity index (χ1n) is 3.26. The van der Waals surface area contributed by atoms with Crippen LogP contribution in [0.1, 0.15) is 0 Å². The minimum absolute atomic E-state index is 0.0306.